The van der Waals surface area contributed by atoms with Gasteiger partial charge in [0.05, 0.1) is 19.7 Å². The van der Waals surface area contributed by atoms with Gasteiger partial charge in [-0.3, -0.25) is 14.8 Å². The number of pyridine rings is 2. The number of aromatic nitrogens is 2. The molecule has 0 fully saturated rings. The lowest BCUT2D eigenvalue weighted by atomic mass is 9.95. The van der Waals surface area contributed by atoms with Crippen LogP contribution < -0.4 is 4.74 Å². The van der Waals surface area contributed by atoms with Gasteiger partial charge < -0.3 is 4.74 Å². The monoisotopic (exact) mass is 390 g/mol. The Morgan fingerprint density at radius 3 is 2.28 bits per heavy atom. The number of nitrogens with zero attached hydrogens (tertiary/aromatic N) is 2. The number of allylic oxidation sites excluding steroid dienone is 1. The van der Waals surface area contributed by atoms with E-state index in [0.29, 0.717) is 16.8 Å². The van der Waals surface area contributed by atoms with Crippen molar-refractivity contribution in [1.29, 1.82) is 0 Å². The van der Waals surface area contributed by atoms with Crippen molar-refractivity contribution in [3.05, 3.63) is 94.3 Å². The number of carbonyl (C=O) groups excluding carboxylic acids is 1. The zero-order valence-corrected chi connectivity index (χ0v) is 17.0. The topological polar surface area (TPSA) is 52.1 Å². The van der Waals surface area contributed by atoms with Gasteiger partial charge in [-0.1, -0.05) is 23.8 Å². The first-order valence-electron chi connectivity index (χ1n) is 9.31. The molecule has 0 amide bonds. The number of ketones is 1. The summed E-state index contributed by atoms with van der Waals surface area (Å²) in [6.07, 6.45) is 4.38. The molecule has 2 aromatic heterocycles. The van der Waals surface area contributed by atoms with Crippen LogP contribution in [0, 0.1) is 12.7 Å². The van der Waals surface area contributed by atoms with Crippen molar-refractivity contribution < 1.29 is 13.9 Å². The van der Waals surface area contributed by atoms with E-state index in [1.165, 1.54) is 6.20 Å². The van der Waals surface area contributed by atoms with Gasteiger partial charge in [0.2, 0.25) is 0 Å². The van der Waals surface area contributed by atoms with Crippen LogP contribution in [0.5, 0.6) is 5.75 Å². The van der Waals surface area contributed by atoms with E-state index in [1.54, 1.807) is 20.2 Å². The zero-order chi connectivity index (χ0) is 21.0. The van der Waals surface area contributed by atoms with Gasteiger partial charge in [-0.15, -0.1) is 0 Å². The summed E-state index contributed by atoms with van der Waals surface area (Å²) >= 11 is 0. The van der Waals surface area contributed by atoms with Gasteiger partial charge >= 0.3 is 0 Å². The van der Waals surface area contributed by atoms with Crippen molar-refractivity contribution in [3.63, 3.8) is 0 Å². The van der Waals surface area contributed by atoms with Crippen LogP contribution in [0.4, 0.5) is 4.39 Å². The van der Waals surface area contributed by atoms with Crippen LogP contribution in [0.15, 0.2) is 60.6 Å². The van der Waals surface area contributed by atoms with Crippen LogP contribution in [-0.2, 0) is 6.42 Å². The van der Waals surface area contributed by atoms with E-state index >= 15 is 0 Å². The third kappa shape index (κ3) is 4.57. The fraction of sp³-hybridized carbons (Fsp3) is 0.208. The molecule has 5 heteroatoms. The number of Topliss-reactive ketones (excluding diaryl/α,β-unsaturated/α-hetero) is 1. The molecule has 0 aliphatic heterocycles. The summed E-state index contributed by atoms with van der Waals surface area (Å²) in [6.45, 7) is 5.68. The number of benzene rings is 1. The van der Waals surface area contributed by atoms with Crippen molar-refractivity contribution in [2.45, 2.75) is 27.2 Å². The Morgan fingerprint density at radius 1 is 1.00 bits per heavy atom. The highest BCUT2D eigenvalue weighted by molar-refractivity contribution is 5.98. The minimum atomic E-state index is -0.480. The van der Waals surface area contributed by atoms with Crippen molar-refractivity contribution >= 4 is 11.4 Å². The summed E-state index contributed by atoms with van der Waals surface area (Å²) in [7, 11) is 1.64. The molecule has 0 radical (unpaired) electrons. The Labute approximate surface area is 170 Å². The Morgan fingerprint density at radius 2 is 1.69 bits per heavy atom. The molecule has 0 aliphatic carbocycles. The largest absolute Gasteiger partial charge is 0.497 e. The maximum atomic E-state index is 13.7. The second-order valence-corrected chi connectivity index (χ2v) is 7.04. The van der Waals surface area contributed by atoms with Gasteiger partial charge in [-0.05, 0) is 55.7 Å². The van der Waals surface area contributed by atoms with E-state index < -0.39 is 5.82 Å². The molecule has 1 aromatic carbocycles. The fourth-order valence-electron chi connectivity index (χ4n) is 3.22. The number of ether oxygens (including phenoxy) is 1. The number of hydrogen-bond acceptors (Lipinski definition) is 4. The van der Waals surface area contributed by atoms with E-state index in [1.807, 2.05) is 36.4 Å². The molecule has 3 rings (SSSR count). The molecule has 3 aromatic rings. The van der Waals surface area contributed by atoms with E-state index in [0.717, 1.165) is 34.2 Å². The number of halogens is 1. The molecule has 0 saturated heterocycles. The predicted molar refractivity (Wildman–Crippen MR) is 112 cm³/mol. The SMILES string of the molecule is COc1ccc(C(=C(C)C)c2ccc(CC(=O)c3cncc(F)c3C)nc2)cc1. The molecule has 4 nitrogen and oxygen atoms in total. The average molecular weight is 390 g/mol. The van der Waals surface area contributed by atoms with Gasteiger partial charge in [-0.2, -0.15) is 0 Å². The summed E-state index contributed by atoms with van der Waals surface area (Å²) < 4.78 is 18.9. The van der Waals surface area contributed by atoms with E-state index in [-0.39, 0.29) is 12.2 Å². The normalized spacial score (nSPS) is 10.5. The lowest BCUT2D eigenvalue weighted by Gasteiger charge is -2.12. The first-order chi connectivity index (χ1) is 13.9. The lowest BCUT2D eigenvalue weighted by molar-refractivity contribution is 0.0990. The van der Waals surface area contributed by atoms with Crippen LogP contribution in [0.1, 0.15) is 46.6 Å². The molecule has 148 valence electrons. The number of rotatable bonds is 6. The third-order valence-electron chi connectivity index (χ3n) is 4.79. The van der Waals surface area contributed by atoms with E-state index in [4.69, 9.17) is 4.74 Å². The van der Waals surface area contributed by atoms with Crippen molar-refractivity contribution in [2.24, 2.45) is 0 Å². The zero-order valence-electron chi connectivity index (χ0n) is 17.0. The van der Waals surface area contributed by atoms with Gasteiger partial charge in [-0.25, -0.2) is 4.39 Å². The summed E-state index contributed by atoms with van der Waals surface area (Å²) in [5, 5.41) is 0. The summed E-state index contributed by atoms with van der Waals surface area (Å²) in [6, 6.07) is 11.7. The third-order valence-corrected chi connectivity index (χ3v) is 4.79. The van der Waals surface area contributed by atoms with Crippen molar-refractivity contribution in [3.8, 4) is 5.75 Å². The van der Waals surface area contributed by atoms with Gasteiger partial charge in [0.25, 0.3) is 0 Å². The molecule has 0 saturated carbocycles. The predicted octanol–water partition coefficient (Wildman–Crippen LogP) is 5.20. The maximum Gasteiger partial charge on any atom is 0.170 e. The van der Waals surface area contributed by atoms with Crippen LogP contribution in [0.25, 0.3) is 5.57 Å². The van der Waals surface area contributed by atoms with Gasteiger partial charge in [0, 0.05) is 29.2 Å². The highest BCUT2D eigenvalue weighted by Gasteiger charge is 2.15. The smallest absolute Gasteiger partial charge is 0.170 e. The van der Waals surface area contributed by atoms with E-state index in [9.17, 15) is 9.18 Å². The number of methoxy groups -OCH3 is 1. The molecule has 0 aliphatic rings. The van der Waals surface area contributed by atoms with E-state index in [2.05, 4.69) is 23.8 Å². The Bertz CT molecular complexity index is 1050. The number of carbonyl (C=O) groups is 1. The Balaban J connectivity index is 1.83. The second-order valence-electron chi connectivity index (χ2n) is 7.04. The molecule has 0 bridgehead atoms. The molecular weight excluding hydrogens is 367 g/mol. The van der Waals surface area contributed by atoms with Gasteiger partial charge in [0.15, 0.2) is 5.78 Å². The summed E-state index contributed by atoms with van der Waals surface area (Å²) in [5.41, 5.74) is 5.51. The highest BCUT2D eigenvalue weighted by Crippen LogP contribution is 2.28. The Kier molecular flexibility index (Phi) is 6.17. The van der Waals surface area contributed by atoms with Crippen molar-refractivity contribution in [1.82, 2.24) is 9.97 Å². The lowest BCUT2D eigenvalue weighted by Crippen LogP contribution is -2.09. The average Bonchev–Trinajstić information content (AvgIpc) is 2.71. The van der Waals surface area contributed by atoms with Gasteiger partial charge in [0.1, 0.15) is 11.6 Å². The highest BCUT2D eigenvalue weighted by atomic mass is 19.1. The quantitative estimate of drug-likeness (QED) is 0.543. The summed E-state index contributed by atoms with van der Waals surface area (Å²) in [4.78, 5) is 20.8. The van der Waals surface area contributed by atoms with Crippen LogP contribution in [0.3, 0.4) is 0 Å². The molecule has 0 unspecified atom stereocenters. The fourth-order valence-corrected chi connectivity index (χ4v) is 3.22. The minimum Gasteiger partial charge on any atom is -0.497 e. The van der Waals surface area contributed by atoms with Crippen LogP contribution in [0.2, 0.25) is 0 Å². The van der Waals surface area contributed by atoms with Crippen molar-refractivity contribution in [2.75, 3.05) is 7.11 Å². The Hall–Kier alpha value is -3.34. The molecule has 29 heavy (non-hydrogen) atoms. The van der Waals surface area contributed by atoms with Crippen LogP contribution >= 0.6 is 0 Å². The van der Waals surface area contributed by atoms with Crippen LogP contribution in [-0.4, -0.2) is 22.9 Å². The number of hydrogen-bond donors (Lipinski definition) is 0. The first kappa shape index (κ1) is 20.4. The molecule has 2 heterocycles. The first-order valence-corrected chi connectivity index (χ1v) is 9.31. The molecule has 0 spiro atoms. The molecule has 0 N–H and O–H groups in total. The molecular formula is C24H23FN2O2. The minimum absolute atomic E-state index is 0.0962. The molecule has 0 atom stereocenters. The maximum absolute atomic E-state index is 13.7. The standard InChI is InChI=1S/C24H23FN2O2/c1-15(2)24(17-6-9-20(29-4)10-7-17)18-5-8-19(27-12-18)11-23(28)21-13-26-14-22(25)16(21)3/h5-10,12-14H,11H2,1-4H3. The second kappa shape index (κ2) is 8.78. The summed E-state index contributed by atoms with van der Waals surface area (Å²) in [5.74, 6) is 0.121.